The summed E-state index contributed by atoms with van der Waals surface area (Å²) in [5.41, 5.74) is -3.58. The number of nitrogens with zero attached hydrogens (tertiary/aromatic N) is 6. The van der Waals surface area contributed by atoms with Crippen molar-refractivity contribution in [2.75, 3.05) is 31.7 Å². The lowest BCUT2D eigenvalue weighted by Gasteiger charge is -2.38. The monoisotopic (exact) mass is 666 g/mol. The first-order valence-corrected chi connectivity index (χ1v) is 14.7. The number of ether oxygens (including phenoxy) is 1. The van der Waals surface area contributed by atoms with Gasteiger partial charge in [-0.25, -0.2) is 0 Å². The fourth-order valence-electron chi connectivity index (χ4n) is 5.89. The van der Waals surface area contributed by atoms with Crippen LogP contribution < -0.4 is 4.90 Å². The number of aromatic nitrogens is 4. The van der Waals surface area contributed by atoms with E-state index in [-0.39, 0.29) is 35.7 Å². The molecule has 46 heavy (non-hydrogen) atoms. The number of halogens is 9. The zero-order chi connectivity index (χ0) is 33.9. The van der Waals surface area contributed by atoms with E-state index in [1.807, 2.05) is 6.92 Å². The molecule has 0 bridgehead atoms. The zero-order valence-electron chi connectivity index (χ0n) is 25.5. The van der Waals surface area contributed by atoms with Crippen molar-refractivity contribution >= 4 is 5.95 Å². The second kappa shape index (κ2) is 14.2. The van der Waals surface area contributed by atoms with Gasteiger partial charge in [0.25, 0.3) is 5.95 Å². The summed E-state index contributed by atoms with van der Waals surface area (Å²) in [6.45, 7) is 3.03. The van der Waals surface area contributed by atoms with E-state index in [4.69, 9.17) is 4.74 Å². The molecule has 16 heteroatoms. The van der Waals surface area contributed by atoms with E-state index in [0.29, 0.717) is 49.7 Å². The van der Waals surface area contributed by atoms with Gasteiger partial charge >= 0.3 is 18.5 Å². The van der Waals surface area contributed by atoms with Crippen LogP contribution in [-0.4, -0.2) is 51.9 Å². The molecule has 7 nitrogen and oxygen atoms in total. The predicted molar refractivity (Wildman–Crippen MR) is 150 cm³/mol. The van der Waals surface area contributed by atoms with Crippen LogP contribution in [0.3, 0.4) is 0 Å². The summed E-state index contributed by atoms with van der Waals surface area (Å²) in [5, 5.41) is 11.7. The molecule has 4 rings (SSSR count). The number of tetrazole rings is 1. The Kier molecular flexibility index (Phi) is 10.9. The summed E-state index contributed by atoms with van der Waals surface area (Å²) in [5.74, 6) is 0.275. The molecular weight excluding hydrogens is 631 g/mol. The third-order valence-corrected chi connectivity index (χ3v) is 8.20. The van der Waals surface area contributed by atoms with E-state index < -0.39 is 41.8 Å². The van der Waals surface area contributed by atoms with Crippen LogP contribution in [0.25, 0.3) is 0 Å². The maximum atomic E-state index is 13.9. The van der Waals surface area contributed by atoms with Gasteiger partial charge in [0.2, 0.25) is 0 Å². The predicted octanol–water partition coefficient (Wildman–Crippen LogP) is 7.67. The second-order valence-electron chi connectivity index (χ2n) is 11.4. The van der Waals surface area contributed by atoms with Crippen molar-refractivity contribution in [2.45, 2.75) is 70.3 Å². The van der Waals surface area contributed by atoms with Gasteiger partial charge in [-0.15, -0.1) is 5.10 Å². The molecule has 2 aromatic carbocycles. The van der Waals surface area contributed by atoms with Gasteiger partial charge in [-0.1, -0.05) is 18.1 Å². The molecule has 1 atom stereocenters. The average molecular weight is 667 g/mol. The van der Waals surface area contributed by atoms with Crippen LogP contribution in [0, 0.1) is 5.92 Å². The highest BCUT2D eigenvalue weighted by Crippen LogP contribution is 2.39. The van der Waals surface area contributed by atoms with Crippen molar-refractivity contribution in [3.63, 3.8) is 0 Å². The van der Waals surface area contributed by atoms with Crippen LogP contribution in [0.1, 0.15) is 72.0 Å². The van der Waals surface area contributed by atoms with Gasteiger partial charge in [-0.05, 0) is 96.9 Å². The quantitative estimate of drug-likeness (QED) is 0.196. The Morgan fingerprint density at radius 1 is 0.870 bits per heavy atom. The number of rotatable bonds is 11. The van der Waals surface area contributed by atoms with E-state index in [0.717, 1.165) is 36.2 Å². The Balaban J connectivity index is 1.75. The number of anilines is 1. The van der Waals surface area contributed by atoms with Gasteiger partial charge in [0, 0.05) is 32.8 Å². The van der Waals surface area contributed by atoms with Gasteiger partial charge < -0.3 is 9.64 Å². The molecule has 1 aliphatic rings. The van der Waals surface area contributed by atoms with Crippen LogP contribution in [0.5, 0.6) is 0 Å². The van der Waals surface area contributed by atoms with Gasteiger partial charge in [0.15, 0.2) is 0 Å². The molecule has 2 heterocycles. The smallest absolute Gasteiger partial charge is 0.385 e. The van der Waals surface area contributed by atoms with Gasteiger partial charge in [-0.2, -0.15) is 44.3 Å². The Morgan fingerprint density at radius 2 is 1.48 bits per heavy atom. The van der Waals surface area contributed by atoms with E-state index in [2.05, 4.69) is 20.3 Å². The molecular formula is C30H35F9N6O. The number of alkyl halides is 9. The zero-order valence-corrected chi connectivity index (χ0v) is 25.5. The minimum Gasteiger partial charge on any atom is -0.385 e. The minimum absolute atomic E-state index is 0.0175. The normalized spacial score (nSPS) is 16.2. The Bertz CT molecular complexity index is 1410. The maximum absolute atomic E-state index is 13.9. The van der Waals surface area contributed by atoms with Gasteiger partial charge in [0.05, 0.1) is 23.7 Å². The first-order valence-electron chi connectivity index (χ1n) is 14.7. The molecule has 0 saturated carbocycles. The number of hydrogen-bond donors (Lipinski definition) is 0. The highest BCUT2D eigenvalue weighted by Gasteiger charge is 2.38. The third-order valence-electron chi connectivity index (χ3n) is 8.20. The number of aryl methyl sites for hydroxylation is 1. The molecule has 0 radical (unpaired) electrons. The number of methoxy groups -OCH3 is 1. The van der Waals surface area contributed by atoms with Crippen LogP contribution in [0.4, 0.5) is 45.5 Å². The molecule has 254 valence electrons. The highest BCUT2D eigenvalue weighted by molar-refractivity contribution is 5.42. The maximum Gasteiger partial charge on any atom is 0.416 e. The largest absolute Gasteiger partial charge is 0.416 e. The summed E-state index contributed by atoms with van der Waals surface area (Å²) in [4.78, 5) is 4.46. The van der Waals surface area contributed by atoms with E-state index in [1.54, 1.807) is 7.11 Å². The standard InChI is InChI=1S/C30H35F9N6O/c1-4-26(44-10-7-19(8-11-44)9-12-46-3)25-6-5-22(28(31,32)33)15-21(25)18-45(27-40-42-43(2)41-27)17-20-13-23(29(34,35)36)16-24(14-20)30(37,38)39/h5-6,13-16,19,26H,4,7-12,17-18H2,1-3H3. The number of hydrogen-bond acceptors (Lipinski definition) is 6. The Hall–Kier alpha value is -3.40. The first-order chi connectivity index (χ1) is 21.5. The third kappa shape index (κ3) is 8.90. The number of piperidine rings is 1. The number of likely N-dealkylation sites (tertiary alicyclic amines) is 1. The Labute approximate surface area is 260 Å². The van der Waals surface area contributed by atoms with Crippen molar-refractivity contribution in [3.05, 3.63) is 69.8 Å². The lowest BCUT2D eigenvalue weighted by Crippen LogP contribution is -2.37. The molecule has 0 N–H and O–H groups in total. The van der Waals surface area contributed by atoms with Crippen molar-refractivity contribution in [2.24, 2.45) is 13.0 Å². The molecule has 1 fully saturated rings. The highest BCUT2D eigenvalue weighted by atomic mass is 19.4. The summed E-state index contributed by atoms with van der Waals surface area (Å²) >= 11 is 0. The summed E-state index contributed by atoms with van der Waals surface area (Å²) in [7, 11) is 3.04. The average Bonchev–Trinajstić information content (AvgIpc) is 3.42. The molecule has 1 aliphatic heterocycles. The molecule has 1 saturated heterocycles. The molecule has 1 aromatic heterocycles. The second-order valence-corrected chi connectivity index (χ2v) is 11.4. The van der Waals surface area contributed by atoms with Crippen molar-refractivity contribution < 1.29 is 44.3 Å². The SMILES string of the molecule is CCC(c1ccc(C(F)(F)F)cc1CN(Cc1cc(C(F)(F)F)cc(C(F)(F)F)c1)c1nnn(C)n1)N1CCC(CCOC)CC1. The molecule has 0 aliphatic carbocycles. The van der Waals surface area contributed by atoms with Crippen molar-refractivity contribution in [1.82, 2.24) is 25.1 Å². The van der Waals surface area contributed by atoms with E-state index in [9.17, 15) is 39.5 Å². The molecule has 1 unspecified atom stereocenters. The van der Waals surface area contributed by atoms with Crippen molar-refractivity contribution in [1.29, 1.82) is 0 Å². The van der Waals surface area contributed by atoms with E-state index >= 15 is 0 Å². The summed E-state index contributed by atoms with van der Waals surface area (Å²) in [6.07, 6.45) is -11.7. The topological polar surface area (TPSA) is 59.3 Å². The van der Waals surface area contributed by atoms with Gasteiger partial charge in [-0.3, -0.25) is 4.90 Å². The van der Waals surface area contributed by atoms with Crippen molar-refractivity contribution in [3.8, 4) is 0 Å². The summed E-state index contributed by atoms with van der Waals surface area (Å²) < 4.78 is 129. The van der Waals surface area contributed by atoms with E-state index in [1.165, 1.54) is 18.0 Å². The minimum atomic E-state index is -5.08. The van der Waals surface area contributed by atoms with Crippen LogP contribution in [-0.2, 0) is 43.4 Å². The lowest BCUT2D eigenvalue weighted by atomic mass is 9.89. The van der Waals surface area contributed by atoms with Gasteiger partial charge in [0.1, 0.15) is 0 Å². The van der Waals surface area contributed by atoms with Crippen LogP contribution in [0.2, 0.25) is 0 Å². The first kappa shape index (κ1) is 35.5. The van der Waals surface area contributed by atoms with Crippen LogP contribution >= 0.6 is 0 Å². The fraction of sp³-hybridized carbons (Fsp3) is 0.567. The number of benzene rings is 2. The lowest BCUT2D eigenvalue weighted by molar-refractivity contribution is -0.143. The Morgan fingerprint density at radius 3 is 1.98 bits per heavy atom. The molecule has 0 amide bonds. The molecule has 3 aromatic rings. The summed E-state index contributed by atoms with van der Waals surface area (Å²) in [6, 6.07) is 4.24. The molecule has 0 spiro atoms. The fourth-order valence-corrected chi connectivity index (χ4v) is 5.89. The van der Waals surface area contributed by atoms with Crippen LogP contribution in [0.15, 0.2) is 36.4 Å².